The highest BCUT2D eigenvalue weighted by atomic mass is 32.2. The van der Waals surface area contributed by atoms with Gasteiger partial charge in [-0.3, -0.25) is 0 Å². The molecule has 0 aromatic heterocycles. The summed E-state index contributed by atoms with van der Waals surface area (Å²) in [5, 5.41) is 8.94. The van der Waals surface area contributed by atoms with Crippen LogP contribution in [0.2, 0.25) is 0 Å². The summed E-state index contributed by atoms with van der Waals surface area (Å²) in [5.74, 6) is 0.0808. The Balaban J connectivity index is 2.86. The molecule has 0 spiro atoms. The minimum Gasteiger partial charge on any atom is -0.492 e. The molecule has 0 saturated carbocycles. The Kier molecular flexibility index (Phi) is 4.30. The lowest BCUT2D eigenvalue weighted by Gasteiger charge is -2.09. The first-order valence-corrected chi connectivity index (χ1v) is 5.79. The van der Waals surface area contributed by atoms with Crippen LogP contribution in [-0.4, -0.2) is 29.7 Å². The van der Waals surface area contributed by atoms with Crippen molar-refractivity contribution in [2.75, 3.05) is 24.3 Å². The summed E-state index contributed by atoms with van der Waals surface area (Å²) < 4.78 is 5.34. The van der Waals surface area contributed by atoms with E-state index in [1.165, 1.54) is 0 Å². The van der Waals surface area contributed by atoms with Crippen molar-refractivity contribution < 1.29 is 14.6 Å². The molecule has 5 heteroatoms. The summed E-state index contributed by atoms with van der Waals surface area (Å²) >= 11 is 1.64. The summed E-state index contributed by atoms with van der Waals surface area (Å²) in [6.45, 7) is 0.477. The van der Waals surface area contributed by atoms with Gasteiger partial charge in [-0.05, 0) is 18.4 Å². The van der Waals surface area contributed by atoms with Crippen molar-refractivity contribution >= 4 is 23.4 Å². The van der Waals surface area contributed by atoms with Crippen LogP contribution in [0.15, 0.2) is 18.2 Å². The van der Waals surface area contributed by atoms with Gasteiger partial charge in [-0.2, -0.15) is 11.8 Å². The molecule has 0 unspecified atom stereocenters. The van der Waals surface area contributed by atoms with Gasteiger partial charge in [0.1, 0.15) is 11.3 Å². The quantitative estimate of drug-likeness (QED) is 0.591. The van der Waals surface area contributed by atoms with Crippen LogP contribution in [0, 0.1) is 0 Å². The molecule has 3 N–H and O–H groups in total. The predicted octanol–water partition coefficient (Wildman–Crippen LogP) is 1.71. The Hall–Kier alpha value is -1.36. The number of nitrogens with two attached hydrogens (primary N) is 1. The molecular weight excluding hydrogens is 214 g/mol. The van der Waals surface area contributed by atoms with Gasteiger partial charge in [0, 0.05) is 11.4 Å². The number of ether oxygens (including phenoxy) is 1. The summed E-state index contributed by atoms with van der Waals surface area (Å²) in [6.07, 6.45) is 1.96. The number of hydrogen-bond donors (Lipinski definition) is 2. The van der Waals surface area contributed by atoms with Gasteiger partial charge in [0.2, 0.25) is 0 Å². The van der Waals surface area contributed by atoms with Crippen LogP contribution < -0.4 is 10.5 Å². The van der Waals surface area contributed by atoms with E-state index in [-0.39, 0.29) is 11.3 Å². The van der Waals surface area contributed by atoms with E-state index in [4.69, 9.17) is 15.6 Å². The molecule has 0 atom stereocenters. The highest BCUT2D eigenvalue weighted by molar-refractivity contribution is 7.98. The van der Waals surface area contributed by atoms with Crippen molar-refractivity contribution in [1.29, 1.82) is 0 Å². The van der Waals surface area contributed by atoms with E-state index in [1.807, 2.05) is 6.26 Å². The molecule has 1 rings (SSSR count). The smallest absolute Gasteiger partial charge is 0.341 e. The van der Waals surface area contributed by atoms with Crippen LogP contribution >= 0.6 is 11.8 Å². The number of rotatable bonds is 5. The van der Waals surface area contributed by atoms with Crippen molar-refractivity contribution in [3.63, 3.8) is 0 Å². The van der Waals surface area contributed by atoms with E-state index in [9.17, 15) is 4.79 Å². The van der Waals surface area contributed by atoms with Gasteiger partial charge in [0.15, 0.2) is 0 Å². The molecule has 0 radical (unpaired) electrons. The number of thioether (sulfide) groups is 1. The highest BCUT2D eigenvalue weighted by Gasteiger charge is 2.14. The van der Waals surface area contributed by atoms with Gasteiger partial charge in [0.25, 0.3) is 0 Å². The van der Waals surface area contributed by atoms with Crippen LogP contribution in [0.25, 0.3) is 0 Å². The maximum Gasteiger partial charge on any atom is 0.341 e. The number of hydrogen-bond acceptors (Lipinski definition) is 4. The second-order valence-corrected chi connectivity index (χ2v) is 3.85. The molecule has 82 valence electrons. The summed E-state index contributed by atoms with van der Waals surface area (Å²) in [4.78, 5) is 10.9. The zero-order chi connectivity index (χ0) is 11.3. The van der Waals surface area contributed by atoms with E-state index < -0.39 is 5.97 Å². The lowest BCUT2D eigenvalue weighted by molar-refractivity contribution is 0.0694. The Morgan fingerprint density at radius 3 is 2.93 bits per heavy atom. The third-order valence-corrected chi connectivity index (χ3v) is 2.39. The van der Waals surface area contributed by atoms with Crippen LogP contribution in [0.4, 0.5) is 5.69 Å². The number of anilines is 1. The van der Waals surface area contributed by atoms with Gasteiger partial charge in [-0.15, -0.1) is 0 Å². The Bertz CT molecular complexity index is 355. The molecule has 1 aromatic carbocycles. The molecule has 0 saturated heterocycles. The average molecular weight is 227 g/mol. The molecule has 0 amide bonds. The maximum atomic E-state index is 10.9. The predicted molar refractivity (Wildman–Crippen MR) is 61.7 cm³/mol. The summed E-state index contributed by atoms with van der Waals surface area (Å²) in [6, 6.07) is 4.83. The Morgan fingerprint density at radius 2 is 2.33 bits per heavy atom. The van der Waals surface area contributed by atoms with Crippen molar-refractivity contribution in [1.82, 2.24) is 0 Å². The van der Waals surface area contributed by atoms with E-state index in [2.05, 4.69) is 0 Å². The fraction of sp³-hybridized carbons (Fsp3) is 0.300. The van der Waals surface area contributed by atoms with Crippen LogP contribution in [0.3, 0.4) is 0 Å². The number of carboxylic acid groups (broad SMARTS) is 1. The molecule has 15 heavy (non-hydrogen) atoms. The van der Waals surface area contributed by atoms with Gasteiger partial charge < -0.3 is 15.6 Å². The zero-order valence-electron chi connectivity index (χ0n) is 8.40. The molecule has 0 aliphatic rings. The first-order chi connectivity index (χ1) is 7.16. The first-order valence-electron chi connectivity index (χ1n) is 4.40. The summed E-state index contributed by atoms with van der Waals surface area (Å²) in [5.41, 5.74) is 5.83. The molecule has 0 heterocycles. The fourth-order valence-electron chi connectivity index (χ4n) is 1.13. The number of nitrogen functional groups attached to an aromatic ring is 1. The third kappa shape index (κ3) is 3.06. The Labute approximate surface area is 92.4 Å². The monoisotopic (exact) mass is 227 g/mol. The largest absolute Gasteiger partial charge is 0.492 e. The molecule has 0 aliphatic heterocycles. The van der Waals surface area contributed by atoms with E-state index in [0.29, 0.717) is 12.4 Å². The van der Waals surface area contributed by atoms with Gasteiger partial charge in [0.05, 0.1) is 6.61 Å². The minimum atomic E-state index is -1.06. The molecule has 0 bridgehead atoms. The Morgan fingerprint density at radius 1 is 1.60 bits per heavy atom. The topological polar surface area (TPSA) is 72.5 Å². The molecule has 0 aliphatic carbocycles. The van der Waals surface area contributed by atoms with Crippen LogP contribution in [-0.2, 0) is 0 Å². The van der Waals surface area contributed by atoms with Gasteiger partial charge in [-0.25, -0.2) is 4.79 Å². The van der Waals surface area contributed by atoms with E-state index in [1.54, 1.807) is 30.0 Å². The van der Waals surface area contributed by atoms with Crippen molar-refractivity contribution in [2.45, 2.75) is 0 Å². The number of carbonyl (C=O) groups is 1. The second kappa shape index (κ2) is 5.50. The molecule has 0 fully saturated rings. The number of carboxylic acids is 1. The standard InChI is InChI=1S/C10H13NO3S/c1-15-6-5-14-8-4-2-3-7(11)9(8)10(12)13/h2-4H,5-6,11H2,1H3,(H,12,13). The lowest BCUT2D eigenvalue weighted by atomic mass is 10.1. The lowest BCUT2D eigenvalue weighted by Crippen LogP contribution is -2.08. The van der Waals surface area contributed by atoms with Crippen LogP contribution in [0.5, 0.6) is 5.75 Å². The van der Waals surface area contributed by atoms with Gasteiger partial charge >= 0.3 is 5.97 Å². The zero-order valence-corrected chi connectivity index (χ0v) is 9.21. The number of benzene rings is 1. The molecule has 1 aromatic rings. The van der Waals surface area contributed by atoms with Crippen molar-refractivity contribution in [3.05, 3.63) is 23.8 Å². The third-order valence-electron chi connectivity index (χ3n) is 1.82. The van der Waals surface area contributed by atoms with Gasteiger partial charge in [-0.1, -0.05) is 6.07 Å². The maximum absolute atomic E-state index is 10.9. The van der Waals surface area contributed by atoms with E-state index >= 15 is 0 Å². The highest BCUT2D eigenvalue weighted by Crippen LogP contribution is 2.24. The number of aromatic carboxylic acids is 1. The van der Waals surface area contributed by atoms with Crippen molar-refractivity contribution in [3.8, 4) is 5.75 Å². The second-order valence-electron chi connectivity index (χ2n) is 2.87. The first kappa shape index (κ1) is 11.7. The fourth-order valence-corrected chi connectivity index (χ4v) is 1.38. The van der Waals surface area contributed by atoms with E-state index in [0.717, 1.165) is 5.75 Å². The average Bonchev–Trinajstić information content (AvgIpc) is 2.17. The SMILES string of the molecule is CSCCOc1cccc(N)c1C(=O)O. The van der Waals surface area contributed by atoms with Crippen LogP contribution in [0.1, 0.15) is 10.4 Å². The molecule has 4 nitrogen and oxygen atoms in total. The summed E-state index contributed by atoms with van der Waals surface area (Å²) in [7, 11) is 0. The molecular formula is C10H13NO3S. The van der Waals surface area contributed by atoms with Crippen molar-refractivity contribution in [2.24, 2.45) is 0 Å². The minimum absolute atomic E-state index is 0.0404. The normalized spacial score (nSPS) is 9.93.